The van der Waals surface area contributed by atoms with E-state index in [-0.39, 0.29) is 11.9 Å². The predicted molar refractivity (Wildman–Crippen MR) is 78.6 cm³/mol. The Hall–Kier alpha value is -1.82. The van der Waals surface area contributed by atoms with Crippen LogP contribution in [0.2, 0.25) is 0 Å². The number of hydrogen-bond donors (Lipinski definition) is 3. The molecule has 102 valence electrons. The zero-order valence-electron chi connectivity index (χ0n) is 10.9. The fraction of sp³-hybridized carbons (Fsp3) is 0.308. The lowest BCUT2D eigenvalue weighted by Crippen LogP contribution is -2.36. The molecule has 0 saturated carbocycles. The Labute approximate surface area is 114 Å². The molecular formula is C13H17N3O2S. The van der Waals surface area contributed by atoms with Gasteiger partial charge in [0.1, 0.15) is 5.69 Å². The molecule has 1 amide bonds. The van der Waals surface area contributed by atoms with Gasteiger partial charge in [0, 0.05) is 34.2 Å². The Kier molecular flexibility index (Phi) is 3.90. The minimum absolute atomic E-state index is 0.137. The summed E-state index contributed by atoms with van der Waals surface area (Å²) < 4.78 is 11.1. The summed E-state index contributed by atoms with van der Waals surface area (Å²) in [5.74, 6) is 0.224. The number of amides is 1. The third-order valence-electron chi connectivity index (χ3n) is 2.80. The van der Waals surface area contributed by atoms with Crippen LogP contribution in [0.15, 0.2) is 24.3 Å². The van der Waals surface area contributed by atoms with E-state index in [0.717, 1.165) is 10.9 Å². The van der Waals surface area contributed by atoms with Crippen molar-refractivity contribution in [3.8, 4) is 0 Å². The lowest BCUT2D eigenvalue weighted by atomic mass is 10.2. The van der Waals surface area contributed by atoms with Crippen LogP contribution in [0.3, 0.4) is 0 Å². The van der Waals surface area contributed by atoms with E-state index in [0.29, 0.717) is 17.1 Å². The lowest BCUT2D eigenvalue weighted by molar-refractivity contribution is 0.0939. The van der Waals surface area contributed by atoms with Crippen LogP contribution in [-0.4, -0.2) is 33.2 Å². The Morgan fingerprint density at radius 3 is 2.89 bits per heavy atom. The number of H-pyrrole nitrogens is 1. The summed E-state index contributed by atoms with van der Waals surface area (Å²) in [6.45, 7) is 1.83. The molecule has 0 bridgehead atoms. The molecule has 0 aliphatic heterocycles. The molecular weight excluding hydrogens is 262 g/mol. The van der Waals surface area contributed by atoms with Gasteiger partial charge in [-0.2, -0.15) is 0 Å². The summed E-state index contributed by atoms with van der Waals surface area (Å²) >= 11 is 0. The molecule has 1 aromatic carbocycles. The summed E-state index contributed by atoms with van der Waals surface area (Å²) in [5, 5.41) is 3.70. The van der Waals surface area contributed by atoms with Crippen molar-refractivity contribution >= 4 is 33.3 Å². The van der Waals surface area contributed by atoms with Crippen molar-refractivity contribution < 1.29 is 9.00 Å². The monoisotopic (exact) mass is 279 g/mol. The van der Waals surface area contributed by atoms with E-state index in [4.69, 9.17) is 5.73 Å². The first kappa shape index (κ1) is 13.6. The maximum Gasteiger partial charge on any atom is 0.267 e. The van der Waals surface area contributed by atoms with Crippen molar-refractivity contribution in [1.29, 1.82) is 0 Å². The number of carbonyl (C=O) groups excluding carboxylic acids is 1. The zero-order valence-corrected chi connectivity index (χ0v) is 11.7. The molecule has 0 fully saturated rings. The number of rotatable bonds is 4. The Balaban J connectivity index is 2.18. The Bertz CT molecular complexity index is 636. The molecule has 5 nitrogen and oxygen atoms in total. The van der Waals surface area contributed by atoms with Crippen LogP contribution in [0.25, 0.3) is 10.9 Å². The van der Waals surface area contributed by atoms with Crippen molar-refractivity contribution in [3.05, 3.63) is 30.0 Å². The van der Waals surface area contributed by atoms with Crippen LogP contribution in [0.5, 0.6) is 0 Å². The highest BCUT2D eigenvalue weighted by molar-refractivity contribution is 7.84. The molecule has 6 heteroatoms. The van der Waals surface area contributed by atoms with Crippen molar-refractivity contribution in [2.75, 3.05) is 17.7 Å². The first-order chi connectivity index (χ1) is 8.97. The average Bonchev–Trinajstić information content (AvgIpc) is 2.73. The number of anilines is 1. The van der Waals surface area contributed by atoms with Gasteiger partial charge < -0.3 is 16.0 Å². The minimum Gasteiger partial charge on any atom is -0.397 e. The molecule has 0 spiro atoms. The van der Waals surface area contributed by atoms with E-state index < -0.39 is 10.8 Å². The minimum atomic E-state index is -0.932. The number of hydrogen-bond acceptors (Lipinski definition) is 3. The second-order valence-electron chi connectivity index (χ2n) is 4.61. The molecule has 2 aromatic rings. The normalized spacial score (nSPS) is 14.2. The second kappa shape index (κ2) is 5.44. The van der Waals surface area contributed by atoms with Crippen molar-refractivity contribution in [2.24, 2.45) is 0 Å². The number of carbonyl (C=O) groups is 1. The van der Waals surface area contributed by atoms with Crippen LogP contribution in [0.1, 0.15) is 17.4 Å². The molecule has 4 N–H and O–H groups in total. The quantitative estimate of drug-likeness (QED) is 0.736. The maximum absolute atomic E-state index is 12.0. The van der Waals surface area contributed by atoms with Gasteiger partial charge in [-0.05, 0) is 19.1 Å². The smallest absolute Gasteiger partial charge is 0.267 e. The van der Waals surface area contributed by atoms with Gasteiger partial charge in [0.25, 0.3) is 5.91 Å². The molecule has 1 aromatic heterocycles. The topological polar surface area (TPSA) is 88.0 Å². The van der Waals surface area contributed by atoms with Gasteiger partial charge in [-0.3, -0.25) is 9.00 Å². The number of para-hydroxylation sites is 1. The highest BCUT2D eigenvalue weighted by Crippen LogP contribution is 2.20. The first-order valence-electron chi connectivity index (χ1n) is 5.95. The highest BCUT2D eigenvalue weighted by atomic mass is 32.2. The number of nitrogens with one attached hydrogen (secondary N) is 2. The number of nitrogen functional groups attached to an aromatic ring is 1. The molecule has 2 rings (SSSR count). The molecule has 2 unspecified atom stereocenters. The fourth-order valence-electron chi connectivity index (χ4n) is 2.00. The second-order valence-corrected chi connectivity index (χ2v) is 6.09. The molecule has 0 aliphatic rings. The summed E-state index contributed by atoms with van der Waals surface area (Å²) in [4.78, 5) is 15.0. The van der Waals surface area contributed by atoms with Gasteiger partial charge >= 0.3 is 0 Å². The van der Waals surface area contributed by atoms with Crippen molar-refractivity contribution in [3.63, 3.8) is 0 Å². The van der Waals surface area contributed by atoms with Crippen LogP contribution in [-0.2, 0) is 10.8 Å². The van der Waals surface area contributed by atoms with E-state index in [1.807, 2.05) is 19.1 Å². The van der Waals surface area contributed by atoms with Gasteiger partial charge in [-0.1, -0.05) is 12.1 Å². The summed E-state index contributed by atoms with van der Waals surface area (Å²) in [6.07, 6.45) is 1.62. The Morgan fingerprint density at radius 2 is 2.26 bits per heavy atom. The van der Waals surface area contributed by atoms with Gasteiger partial charge in [-0.15, -0.1) is 0 Å². The summed E-state index contributed by atoms with van der Waals surface area (Å²) in [7, 11) is -0.932. The van der Waals surface area contributed by atoms with E-state index >= 15 is 0 Å². The van der Waals surface area contributed by atoms with Crippen LogP contribution in [0.4, 0.5) is 5.69 Å². The van der Waals surface area contributed by atoms with Gasteiger partial charge in [-0.25, -0.2) is 0 Å². The zero-order chi connectivity index (χ0) is 14.0. The third-order valence-corrected chi connectivity index (χ3v) is 3.76. The predicted octanol–water partition coefficient (Wildman–Crippen LogP) is 1.25. The highest BCUT2D eigenvalue weighted by Gasteiger charge is 2.13. The van der Waals surface area contributed by atoms with E-state index in [9.17, 15) is 9.00 Å². The van der Waals surface area contributed by atoms with E-state index in [1.54, 1.807) is 18.4 Å². The standard InChI is InChI=1S/C13H17N3O2S/c1-8(7-19(2)18)15-13(17)11-6-9-4-3-5-10(14)12(9)16-11/h3-6,8,16H,7,14H2,1-2H3,(H,15,17). The lowest BCUT2D eigenvalue weighted by Gasteiger charge is -2.11. The van der Waals surface area contributed by atoms with Crippen LogP contribution >= 0.6 is 0 Å². The first-order valence-corrected chi connectivity index (χ1v) is 7.68. The van der Waals surface area contributed by atoms with Crippen molar-refractivity contribution in [2.45, 2.75) is 13.0 Å². The van der Waals surface area contributed by atoms with Crippen LogP contribution in [0, 0.1) is 0 Å². The molecule has 0 aliphatic carbocycles. The van der Waals surface area contributed by atoms with E-state index in [1.165, 1.54) is 0 Å². The summed E-state index contributed by atoms with van der Waals surface area (Å²) in [5.41, 5.74) is 7.67. The number of benzene rings is 1. The number of aromatic amines is 1. The van der Waals surface area contributed by atoms with Gasteiger partial charge in [0.2, 0.25) is 0 Å². The molecule has 0 saturated heterocycles. The number of nitrogens with two attached hydrogens (primary N) is 1. The molecule has 19 heavy (non-hydrogen) atoms. The third kappa shape index (κ3) is 3.14. The average molecular weight is 279 g/mol. The van der Waals surface area contributed by atoms with E-state index in [2.05, 4.69) is 10.3 Å². The van der Waals surface area contributed by atoms with Crippen molar-refractivity contribution in [1.82, 2.24) is 10.3 Å². The molecule has 2 atom stereocenters. The number of fused-ring (bicyclic) bond motifs is 1. The fourth-order valence-corrected chi connectivity index (χ4v) is 2.78. The van der Waals surface area contributed by atoms with Gasteiger partial charge in [0.05, 0.1) is 11.2 Å². The molecule has 0 radical (unpaired) electrons. The Morgan fingerprint density at radius 1 is 1.53 bits per heavy atom. The summed E-state index contributed by atoms with van der Waals surface area (Å²) in [6, 6.07) is 7.14. The largest absolute Gasteiger partial charge is 0.397 e. The van der Waals surface area contributed by atoms with Crippen LogP contribution < -0.4 is 11.1 Å². The maximum atomic E-state index is 12.0. The SMILES string of the molecule is CC(CS(C)=O)NC(=O)c1cc2cccc(N)c2[nH]1. The number of aromatic nitrogens is 1. The molecule has 1 heterocycles. The van der Waals surface area contributed by atoms with Gasteiger partial charge in [0.15, 0.2) is 0 Å².